The van der Waals surface area contributed by atoms with Gasteiger partial charge in [-0.1, -0.05) is 58.2 Å². The van der Waals surface area contributed by atoms with E-state index in [4.69, 9.17) is 44.4 Å². The van der Waals surface area contributed by atoms with Gasteiger partial charge in [-0.25, -0.2) is 0 Å². The van der Waals surface area contributed by atoms with E-state index in [0.717, 1.165) is 34.0 Å². The normalized spacial score (nSPS) is 18.2. The molecule has 3 aromatic rings. The van der Waals surface area contributed by atoms with E-state index in [-0.39, 0.29) is 12.5 Å². The van der Waals surface area contributed by atoms with Crippen molar-refractivity contribution in [2.45, 2.75) is 18.9 Å². The lowest BCUT2D eigenvalue weighted by molar-refractivity contribution is 0.130. The third-order valence-electron chi connectivity index (χ3n) is 5.22. The predicted molar refractivity (Wildman–Crippen MR) is 123 cm³/mol. The van der Waals surface area contributed by atoms with E-state index in [0.29, 0.717) is 16.0 Å². The van der Waals surface area contributed by atoms with Gasteiger partial charge in [0.2, 0.25) is 0 Å². The predicted octanol–water partition coefficient (Wildman–Crippen LogP) is 7.38. The highest BCUT2D eigenvalue weighted by Crippen LogP contribution is 2.49. The zero-order valence-electron chi connectivity index (χ0n) is 16.3. The van der Waals surface area contributed by atoms with E-state index in [1.54, 1.807) is 19.2 Å². The Bertz CT molecular complexity index is 1050. The molecule has 1 aliphatic carbocycles. The van der Waals surface area contributed by atoms with Crippen LogP contribution >= 0.6 is 34.8 Å². The Morgan fingerprint density at radius 1 is 0.933 bits per heavy atom. The van der Waals surface area contributed by atoms with Gasteiger partial charge in [0, 0.05) is 26.5 Å². The number of ether oxygens (including phenoxy) is 1. The summed E-state index contributed by atoms with van der Waals surface area (Å²) in [6, 6.07) is 21.2. The first kappa shape index (κ1) is 21.0. The number of rotatable bonds is 7. The number of nitrogens with zero attached hydrogens (tertiary/aromatic N) is 1. The molecule has 1 aliphatic rings. The molecule has 4 rings (SSSR count). The van der Waals surface area contributed by atoms with Crippen molar-refractivity contribution in [1.29, 1.82) is 0 Å². The first-order valence-electron chi connectivity index (χ1n) is 9.59. The van der Waals surface area contributed by atoms with Crippen LogP contribution in [0.3, 0.4) is 0 Å². The topological polar surface area (TPSA) is 30.8 Å². The summed E-state index contributed by atoms with van der Waals surface area (Å²) in [7, 11) is 1.65. The minimum Gasteiger partial charge on any atom is -0.497 e. The van der Waals surface area contributed by atoms with Gasteiger partial charge in [0.15, 0.2) is 0 Å². The van der Waals surface area contributed by atoms with Crippen LogP contribution < -0.4 is 4.74 Å². The van der Waals surface area contributed by atoms with Crippen LogP contribution in [0.5, 0.6) is 5.75 Å². The molecule has 0 spiro atoms. The fourth-order valence-corrected chi connectivity index (χ4v) is 4.07. The molecule has 3 aromatic carbocycles. The average Bonchev–Trinajstić information content (AvgIpc) is 3.54. The summed E-state index contributed by atoms with van der Waals surface area (Å²) in [5.74, 6) is 1.48. The second-order valence-corrected chi connectivity index (χ2v) is 8.49. The highest BCUT2D eigenvalue weighted by Gasteiger charge is 2.43. The molecule has 3 nitrogen and oxygen atoms in total. The van der Waals surface area contributed by atoms with Crippen LogP contribution in [0.4, 0.5) is 0 Å². The lowest BCUT2D eigenvalue weighted by Gasteiger charge is -2.09. The van der Waals surface area contributed by atoms with Crippen molar-refractivity contribution >= 4 is 40.5 Å². The van der Waals surface area contributed by atoms with E-state index in [2.05, 4.69) is 17.3 Å². The highest BCUT2D eigenvalue weighted by atomic mass is 35.5. The van der Waals surface area contributed by atoms with Crippen LogP contribution in [-0.4, -0.2) is 12.8 Å². The SMILES string of the molecule is COc1ccc(/C(=N\OCc2ccc(Cl)cc2Cl)C2CC2c2ccc(Cl)cc2)cc1. The summed E-state index contributed by atoms with van der Waals surface area (Å²) < 4.78 is 5.28. The molecule has 1 saturated carbocycles. The molecule has 0 N–H and O–H groups in total. The zero-order valence-corrected chi connectivity index (χ0v) is 18.6. The number of oxime groups is 1. The molecule has 6 heteroatoms. The van der Waals surface area contributed by atoms with Crippen LogP contribution in [-0.2, 0) is 11.4 Å². The molecule has 0 aromatic heterocycles. The Morgan fingerprint density at radius 3 is 2.30 bits per heavy atom. The fourth-order valence-electron chi connectivity index (χ4n) is 3.48. The molecule has 2 unspecified atom stereocenters. The first-order valence-corrected chi connectivity index (χ1v) is 10.7. The second kappa shape index (κ2) is 9.30. The molecule has 30 heavy (non-hydrogen) atoms. The Kier molecular flexibility index (Phi) is 6.52. The van der Waals surface area contributed by atoms with E-state index in [1.807, 2.05) is 42.5 Å². The molecular formula is C24H20Cl3NO2. The summed E-state index contributed by atoms with van der Waals surface area (Å²) in [5.41, 5.74) is 4.03. The molecule has 0 bridgehead atoms. The van der Waals surface area contributed by atoms with E-state index in [9.17, 15) is 0 Å². The standard InChI is InChI=1S/C24H20Cl3NO2/c1-29-20-10-5-16(6-11-20)24(22-13-21(22)15-2-7-18(25)8-3-15)28-30-14-17-4-9-19(26)12-23(17)27/h2-12,21-22H,13-14H2,1H3/b28-24+. The minimum atomic E-state index is 0.272. The van der Waals surface area contributed by atoms with Gasteiger partial charge in [0.05, 0.1) is 12.8 Å². The van der Waals surface area contributed by atoms with Crippen LogP contribution in [0.25, 0.3) is 0 Å². The van der Waals surface area contributed by atoms with Gasteiger partial charge in [-0.2, -0.15) is 0 Å². The number of benzene rings is 3. The van der Waals surface area contributed by atoms with Crippen molar-refractivity contribution < 1.29 is 9.57 Å². The Balaban J connectivity index is 1.55. The largest absolute Gasteiger partial charge is 0.497 e. The van der Waals surface area contributed by atoms with Gasteiger partial charge in [-0.3, -0.25) is 0 Å². The number of hydrogen-bond donors (Lipinski definition) is 0. The number of halogens is 3. The smallest absolute Gasteiger partial charge is 0.143 e. The third kappa shape index (κ3) is 4.92. The van der Waals surface area contributed by atoms with Crippen molar-refractivity contribution in [3.8, 4) is 5.75 Å². The molecule has 0 aliphatic heterocycles. The summed E-state index contributed by atoms with van der Waals surface area (Å²) in [6.07, 6.45) is 1.01. The molecule has 0 heterocycles. The lowest BCUT2D eigenvalue weighted by atomic mass is 10.0. The van der Waals surface area contributed by atoms with Crippen molar-refractivity contribution in [3.05, 3.63) is 98.5 Å². The highest BCUT2D eigenvalue weighted by molar-refractivity contribution is 6.35. The molecule has 0 saturated heterocycles. The first-order chi connectivity index (χ1) is 14.5. The monoisotopic (exact) mass is 459 g/mol. The van der Waals surface area contributed by atoms with Crippen LogP contribution in [0.2, 0.25) is 15.1 Å². The van der Waals surface area contributed by atoms with Crippen LogP contribution in [0, 0.1) is 5.92 Å². The van der Waals surface area contributed by atoms with Gasteiger partial charge in [0.1, 0.15) is 12.4 Å². The Morgan fingerprint density at radius 2 is 1.63 bits per heavy atom. The quantitative estimate of drug-likeness (QED) is 0.272. The maximum atomic E-state index is 6.25. The van der Waals surface area contributed by atoms with Crippen molar-refractivity contribution in [2.24, 2.45) is 11.1 Å². The van der Waals surface area contributed by atoms with Gasteiger partial charge >= 0.3 is 0 Å². The molecule has 0 amide bonds. The lowest BCUT2D eigenvalue weighted by Crippen LogP contribution is -2.07. The second-order valence-electron chi connectivity index (χ2n) is 7.21. The van der Waals surface area contributed by atoms with Crippen molar-refractivity contribution in [1.82, 2.24) is 0 Å². The van der Waals surface area contributed by atoms with Gasteiger partial charge < -0.3 is 9.57 Å². The Labute approximate surface area is 191 Å². The van der Waals surface area contributed by atoms with Gasteiger partial charge in [0.25, 0.3) is 0 Å². The molecule has 154 valence electrons. The molecule has 0 radical (unpaired) electrons. The van der Waals surface area contributed by atoms with Crippen LogP contribution in [0.1, 0.15) is 29.0 Å². The van der Waals surface area contributed by atoms with E-state index >= 15 is 0 Å². The third-order valence-corrected chi connectivity index (χ3v) is 6.06. The molecular weight excluding hydrogens is 441 g/mol. The number of methoxy groups -OCH3 is 1. The molecule has 1 fully saturated rings. The van der Waals surface area contributed by atoms with Crippen molar-refractivity contribution in [2.75, 3.05) is 7.11 Å². The summed E-state index contributed by atoms with van der Waals surface area (Å²) in [4.78, 5) is 5.73. The van der Waals surface area contributed by atoms with E-state index in [1.165, 1.54) is 5.56 Å². The van der Waals surface area contributed by atoms with Crippen LogP contribution in [0.15, 0.2) is 71.9 Å². The Hall–Kier alpha value is -2.20. The summed E-state index contributed by atoms with van der Waals surface area (Å²) in [5, 5.41) is 6.42. The minimum absolute atomic E-state index is 0.272. The van der Waals surface area contributed by atoms with Crippen molar-refractivity contribution in [3.63, 3.8) is 0 Å². The average molecular weight is 461 g/mol. The van der Waals surface area contributed by atoms with E-state index < -0.39 is 0 Å². The fraction of sp³-hybridized carbons (Fsp3) is 0.208. The maximum Gasteiger partial charge on any atom is 0.143 e. The number of hydrogen-bond acceptors (Lipinski definition) is 3. The summed E-state index contributed by atoms with van der Waals surface area (Å²) >= 11 is 18.3. The summed E-state index contributed by atoms with van der Waals surface area (Å²) in [6.45, 7) is 0.272. The van der Waals surface area contributed by atoms with Gasteiger partial charge in [-0.15, -0.1) is 0 Å². The molecule has 2 atom stereocenters. The maximum absolute atomic E-state index is 6.25. The zero-order chi connectivity index (χ0) is 21.1. The van der Waals surface area contributed by atoms with Gasteiger partial charge in [-0.05, 0) is 72.0 Å².